The molecule has 0 spiro atoms. The number of methoxy groups -OCH3 is 1. The topological polar surface area (TPSA) is 41.5 Å². The Hall–Kier alpha value is -1.68. The van der Waals surface area contributed by atoms with Crippen molar-refractivity contribution in [3.8, 4) is 0 Å². The third kappa shape index (κ3) is 5.31. The second-order valence-electron chi connectivity index (χ2n) is 5.17. The van der Waals surface area contributed by atoms with Gasteiger partial charge in [-0.15, -0.1) is 0 Å². The molecule has 2 aromatic carbocycles. The van der Waals surface area contributed by atoms with Gasteiger partial charge >= 0.3 is 0 Å². The van der Waals surface area contributed by atoms with Crippen molar-refractivity contribution >= 4 is 0 Å². The Labute approximate surface area is 126 Å². The molecule has 0 aromatic heterocycles. The van der Waals surface area contributed by atoms with E-state index in [0.29, 0.717) is 13.0 Å². The fourth-order valence-corrected chi connectivity index (χ4v) is 2.39. The molecule has 3 nitrogen and oxygen atoms in total. The summed E-state index contributed by atoms with van der Waals surface area (Å²) in [4.78, 5) is 0. The average Bonchev–Trinajstić information content (AvgIpc) is 2.53. The van der Waals surface area contributed by atoms with Crippen LogP contribution in [0.1, 0.15) is 23.6 Å². The zero-order valence-electron chi connectivity index (χ0n) is 12.4. The molecule has 112 valence electrons. The van der Waals surface area contributed by atoms with Crippen molar-refractivity contribution < 1.29 is 9.84 Å². The lowest BCUT2D eigenvalue weighted by atomic mass is 10.0. The normalized spacial score (nSPS) is 13.8. The molecule has 2 N–H and O–H groups in total. The van der Waals surface area contributed by atoms with E-state index in [1.54, 1.807) is 7.11 Å². The molecule has 0 bridgehead atoms. The van der Waals surface area contributed by atoms with E-state index in [9.17, 15) is 5.11 Å². The fourth-order valence-electron chi connectivity index (χ4n) is 2.39. The minimum absolute atomic E-state index is 0.108. The number of ether oxygens (including phenoxy) is 1. The maximum Gasteiger partial charge on any atom is 0.0791 e. The molecule has 0 fully saturated rings. The molecule has 2 rings (SSSR count). The SMILES string of the molecule is COC[C@H](O)C[C@@H](NCc1ccccc1)c1ccccc1. The number of aliphatic hydroxyl groups is 1. The highest BCUT2D eigenvalue weighted by Gasteiger charge is 2.16. The van der Waals surface area contributed by atoms with Gasteiger partial charge < -0.3 is 15.2 Å². The Morgan fingerprint density at radius 3 is 2.24 bits per heavy atom. The van der Waals surface area contributed by atoms with Gasteiger partial charge in [-0.05, 0) is 17.5 Å². The first kappa shape index (κ1) is 15.7. The van der Waals surface area contributed by atoms with Gasteiger partial charge in [0.25, 0.3) is 0 Å². The third-order valence-corrected chi connectivity index (χ3v) is 3.46. The van der Waals surface area contributed by atoms with Crippen molar-refractivity contribution in [3.63, 3.8) is 0 Å². The predicted molar refractivity (Wildman–Crippen MR) is 85.0 cm³/mol. The number of benzene rings is 2. The summed E-state index contributed by atoms with van der Waals surface area (Å²) in [7, 11) is 1.61. The van der Waals surface area contributed by atoms with E-state index in [-0.39, 0.29) is 6.04 Å². The van der Waals surface area contributed by atoms with Gasteiger partial charge in [-0.1, -0.05) is 60.7 Å². The van der Waals surface area contributed by atoms with Gasteiger partial charge in [0.1, 0.15) is 0 Å². The van der Waals surface area contributed by atoms with Crippen molar-refractivity contribution in [2.45, 2.75) is 25.1 Å². The number of hydrogen-bond donors (Lipinski definition) is 2. The van der Waals surface area contributed by atoms with Gasteiger partial charge in [-0.25, -0.2) is 0 Å². The van der Waals surface area contributed by atoms with E-state index < -0.39 is 6.10 Å². The summed E-state index contributed by atoms with van der Waals surface area (Å²) in [6, 6.07) is 20.6. The first-order valence-electron chi connectivity index (χ1n) is 7.29. The summed E-state index contributed by atoms with van der Waals surface area (Å²) in [6.45, 7) is 1.14. The van der Waals surface area contributed by atoms with E-state index in [1.807, 2.05) is 36.4 Å². The Morgan fingerprint density at radius 1 is 1.00 bits per heavy atom. The molecular formula is C18H23NO2. The molecule has 0 saturated carbocycles. The van der Waals surface area contributed by atoms with Gasteiger partial charge in [-0.3, -0.25) is 0 Å². The molecule has 0 unspecified atom stereocenters. The van der Waals surface area contributed by atoms with Crippen molar-refractivity contribution in [1.82, 2.24) is 5.32 Å². The number of aliphatic hydroxyl groups excluding tert-OH is 1. The van der Waals surface area contributed by atoms with Crippen LogP contribution >= 0.6 is 0 Å². The monoisotopic (exact) mass is 285 g/mol. The molecule has 0 aliphatic heterocycles. The molecule has 2 atom stereocenters. The minimum Gasteiger partial charge on any atom is -0.391 e. The van der Waals surface area contributed by atoms with Gasteiger partial charge in [0.05, 0.1) is 12.7 Å². The molecule has 0 heterocycles. The Balaban J connectivity index is 2.01. The number of rotatable bonds is 8. The van der Waals surface area contributed by atoms with Gasteiger partial charge in [-0.2, -0.15) is 0 Å². The van der Waals surface area contributed by atoms with Gasteiger partial charge in [0.15, 0.2) is 0 Å². The van der Waals surface area contributed by atoms with Crippen LogP contribution in [-0.4, -0.2) is 24.9 Å². The van der Waals surface area contributed by atoms with Crippen LogP contribution in [0, 0.1) is 0 Å². The quantitative estimate of drug-likeness (QED) is 0.783. The highest BCUT2D eigenvalue weighted by Crippen LogP contribution is 2.19. The van der Waals surface area contributed by atoms with E-state index in [0.717, 1.165) is 6.54 Å². The van der Waals surface area contributed by atoms with Gasteiger partial charge in [0, 0.05) is 19.7 Å². The Kier molecular flexibility index (Phi) is 6.41. The highest BCUT2D eigenvalue weighted by atomic mass is 16.5. The van der Waals surface area contributed by atoms with Gasteiger partial charge in [0.2, 0.25) is 0 Å². The summed E-state index contributed by atoms with van der Waals surface area (Å²) in [5.41, 5.74) is 2.42. The van der Waals surface area contributed by atoms with Crippen LogP contribution in [0.3, 0.4) is 0 Å². The largest absolute Gasteiger partial charge is 0.391 e. The van der Waals surface area contributed by atoms with E-state index in [4.69, 9.17) is 4.74 Å². The number of nitrogens with one attached hydrogen (secondary N) is 1. The second kappa shape index (κ2) is 8.57. The maximum absolute atomic E-state index is 10.0. The fraction of sp³-hybridized carbons (Fsp3) is 0.333. The van der Waals surface area contributed by atoms with E-state index in [1.165, 1.54) is 11.1 Å². The first-order chi connectivity index (χ1) is 10.3. The van der Waals surface area contributed by atoms with Crippen molar-refractivity contribution in [2.75, 3.05) is 13.7 Å². The molecule has 0 radical (unpaired) electrons. The van der Waals surface area contributed by atoms with Crippen LogP contribution < -0.4 is 5.32 Å². The Morgan fingerprint density at radius 2 is 1.62 bits per heavy atom. The van der Waals surface area contributed by atoms with Crippen LogP contribution in [0.25, 0.3) is 0 Å². The highest BCUT2D eigenvalue weighted by molar-refractivity contribution is 5.20. The second-order valence-corrected chi connectivity index (χ2v) is 5.17. The third-order valence-electron chi connectivity index (χ3n) is 3.46. The molecule has 3 heteroatoms. The summed E-state index contributed by atoms with van der Waals surface area (Å²) in [6.07, 6.45) is 0.161. The first-order valence-corrected chi connectivity index (χ1v) is 7.29. The standard InChI is InChI=1S/C18H23NO2/c1-21-14-17(20)12-18(16-10-6-3-7-11-16)19-13-15-8-4-2-5-9-15/h2-11,17-20H,12-14H2,1H3/t17-,18-/m1/s1. The van der Waals surface area contributed by atoms with Crippen molar-refractivity contribution in [1.29, 1.82) is 0 Å². The molecule has 0 amide bonds. The number of hydrogen-bond acceptors (Lipinski definition) is 3. The zero-order chi connectivity index (χ0) is 14.9. The lowest BCUT2D eigenvalue weighted by molar-refractivity contribution is 0.0520. The molecule has 0 aliphatic rings. The molecule has 2 aromatic rings. The molecule has 0 saturated heterocycles. The lowest BCUT2D eigenvalue weighted by Crippen LogP contribution is -2.27. The van der Waals surface area contributed by atoms with Crippen molar-refractivity contribution in [2.24, 2.45) is 0 Å². The smallest absolute Gasteiger partial charge is 0.0791 e. The zero-order valence-corrected chi connectivity index (χ0v) is 12.4. The Bertz CT molecular complexity index is 501. The van der Waals surface area contributed by atoms with Crippen molar-refractivity contribution in [3.05, 3.63) is 71.8 Å². The van der Waals surface area contributed by atoms with Crippen LogP contribution in [0.5, 0.6) is 0 Å². The maximum atomic E-state index is 10.0. The lowest BCUT2D eigenvalue weighted by Gasteiger charge is -2.22. The summed E-state index contributed by atoms with van der Waals surface area (Å²) >= 11 is 0. The molecule has 0 aliphatic carbocycles. The summed E-state index contributed by atoms with van der Waals surface area (Å²) in [5, 5.41) is 13.5. The minimum atomic E-state index is -0.469. The summed E-state index contributed by atoms with van der Waals surface area (Å²) in [5.74, 6) is 0. The predicted octanol–water partition coefficient (Wildman–Crippen LogP) is 2.91. The molecular weight excluding hydrogens is 262 g/mol. The summed E-state index contributed by atoms with van der Waals surface area (Å²) < 4.78 is 5.03. The average molecular weight is 285 g/mol. The van der Waals surface area contributed by atoms with Crippen LogP contribution in [0.15, 0.2) is 60.7 Å². The van der Waals surface area contributed by atoms with Crippen LogP contribution in [0.4, 0.5) is 0 Å². The van der Waals surface area contributed by atoms with E-state index in [2.05, 4.69) is 29.6 Å². The van der Waals surface area contributed by atoms with E-state index >= 15 is 0 Å². The molecule has 21 heavy (non-hydrogen) atoms. The van der Waals surface area contributed by atoms with Crippen LogP contribution in [-0.2, 0) is 11.3 Å². The van der Waals surface area contributed by atoms with Crippen LogP contribution in [0.2, 0.25) is 0 Å².